The van der Waals surface area contributed by atoms with Crippen LogP contribution in [0.1, 0.15) is 27.7 Å². The molecule has 0 unspecified atom stereocenters. The summed E-state index contributed by atoms with van der Waals surface area (Å²) >= 11 is 0. The topological polar surface area (TPSA) is 50.7 Å². The molecule has 0 spiro atoms. The minimum Gasteiger partial charge on any atom is -0.443 e. The van der Waals surface area contributed by atoms with Gasteiger partial charge in [0, 0.05) is 0 Å². The van der Waals surface area contributed by atoms with E-state index in [4.69, 9.17) is 4.74 Å². The van der Waals surface area contributed by atoms with Gasteiger partial charge in [0.1, 0.15) is 5.60 Å². The highest BCUT2D eigenvalue weighted by molar-refractivity contribution is 6.00. The zero-order chi connectivity index (χ0) is 13.5. The lowest BCUT2D eigenvalue weighted by Crippen LogP contribution is -2.30. The fourth-order valence-electron chi connectivity index (χ4n) is 0.807. The van der Waals surface area contributed by atoms with Crippen LogP contribution in [0.3, 0.4) is 0 Å². The van der Waals surface area contributed by atoms with E-state index in [0.29, 0.717) is 11.3 Å². The molecule has 0 aromatic heterocycles. The molecular formula is C13H20N2O2. The standard InChI is InChI=1S/C13H20N2O2/c1-7-8-9-10(2)11(3)14-15-12(16)17-13(4,5)6/h7-9H,1-2H2,3-6H3,(H,15,16)/b9-8-,14-11+. The van der Waals surface area contributed by atoms with Crippen LogP contribution in [0.15, 0.2) is 42.1 Å². The number of hydrogen-bond acceptors (Lipinski definition) is 3. The van der Waals surface area contributed by atoms with Gasteiger partial charge >= 0.3 is 6.09 Å². The molecule has 0 aliphatic carbocycles. The van der Waals surface area contributed by atoms with Crippen molar-refractivity contribution >= 4 is 11.8 Å². The zero-order valence-electron chi connectivity index (χ0n) is 10.9. The summed E-state index contributed by atoms with van der Waals surface area (Å²) in [7, 11) is 0. The number of amides is 1. The van der Waals surface area contributed by atoms with Gasteiger partial charge in [-0.25, -0.2) is 10.2 Å². The second kappa shape index (κ2) is 6.68. The number of carbonyl (C=O) groups excluding carboxylic acids is 1. The number of ether oxygens (including phenoxy) is 1. The van der Waals surface area contributed by atoms with Crippen LogP contribution >= 0.6 is 0 Å². The molecule has 0 aliphatic rings. The van der Waals surface area contributed by atoms with Gasteiger partial charge in [-0.05, 0) is 33.3 Å². The number of nitrogens with one attached hydrogen (secondary N) is 1. The zero-order valence-corrected chi connectivity index (χ0v) is 10.9. The van der Waals surface area contributed by atoms with Crippen LogP contribution in [-0.2, 0) is 4.74 Å². The lowest BCUT2D eigenvalue weighted by Gasteiger charge is -2.18. The molecule has 4 heteroatoms. The van der Waals surface area contributed by atoms with Crippen LogP contribution < -0.4 is 5.43 Å². The van der Waals surface area contributed by atoms with E-state index in [1.165, 1.54) is 0 Å². The van der Waals surface area contributed by atoms with Crippen molar-refractivity contribution in [2.45, 2.75) is 33.3 Å². The summed E-state index contributed by atoms with van der Waals surface area (Å²) < 4.78 is 5.03. The van der Waals surface area contributed by atoms with Crippen LogP contribution in [0.4, 0.5) is 4.79 Å². The van der Waals surface area contributed by atoms with Gasteiger partial charge in [-0.15, -0.1) is 0 Å². The Bertz CT molecular complexity index is 360. The van der Waals surface area contributed by atoms with E-state index in [2.05, 4.69) is 23.7 Å². The molecule has 0 radical (unpaired) electrons. The van der Waals surface area contributed by atoms with Crippen molar-refractivity contribution < 1.29 is 9.53 Å². The van der Waals surface area contributed by atoms with Crippen molar-refractivity contribution in [3.63, 3.8) is 0 Å². The second-order valence-corrected chi connectivity index (χ2v) is 4.43. The molecule has 17 heavy (non-hydrogen) atoms. The Hall–Kier alpha value is -1.84. The summed E-state index contributed by atoms with van der Waals surface area (Å²) in [6, 6.07) is 0. The van der Waals surface area contributed by atoms with E-state index in [0.717, 1.165) is 0 Å². The molecule has 0 saturated heterocycles. The largest absolute Gasteiger partial charge is 0.443 e. The summed E-state index contributed by atoms with van der Waals surface area (Å²) in [5, 5.41) is 3.87. The van der Waals surface area contributed by atoms with Crippen molar-refractivity contribution in [3.05, 3.63) is 37.0 Å². The summed E-state index contributed by atoms with van der Waals surface area (Å²) in [5.74, 6) is 0. The predicted octanol–water partition coefficient (Wildman–Crippen LogP) is 3.19. The first kappa shape index (κ1) is 15.2. The lowest BCUT2D eigenvalue weighted by atomic mass is 10.2. The number of hydrogen-bond donors (Lipinski definition) is 1. The molecule has 0 heterocycles. The quantitative estimate of drug-likeness (QED) is 0.463. The lowest BCUT2D eigenvalue weighted by molar-refractivity contribution is 0.0529. The van der Waals surface area contributed by atoms with Crippen molar-refractivity contribution in [2.75, 3.05) is 0 Å². The summed E-state index contributed by atoms with van der Waals surface area (Å²) in [6.45, 7) is 14.4. The van der Waals surface area contributed by atoms with Crippen LogP contribution in [0, 0.1) is 0 Å². The average molecular weight is 236 g/mol. The first-order valence-corrected chi connectivity index (χ1v) is 5.28. The normalized spacial score (nSPS) is 12.4. The van der Waals surface area contributed by atoms with E-state index in [9.17, 15) is 4.79 Å². The number of carbonyl (C=O) groups is 1. The van der Waals surface area contributed by atoms with Gasteiger partial charge < -0.3 is 4.74 Å². The van der Waals surface area contributed by atoms with Crippen LogP contribution in [0.2, 0.25) is 0 Å². The predicted molar refractivity (Wildman–Crippen MR) is 71.0 cm³/mol. The highest BCUT2D eigenvalue weighted by Gasteiger charge is 2.15. The average Bonchev–Trinajstić information content (AvgIpc) is 2.20. The van der Waals surface area contributed by atoms with Crippen LogP contribution in [-0.4, -0.2) is 17.4 Å². The van der Waals surface area contributed by atoms with E-state index >= 15 is 0 Å². The van der Waals surface area contributed by atoms with E-state index in [-0.39, 0.29) is 0 Å². The molecule has 1 amide bonds. The van der Waals surface area contributed by atoms with Gasteiger partial charge in [0.15, 0.2) is 0 Å². The van der Waals surface area contributed by atoms with Crippen LogP contribution in [0.5, 0.6) is 0 Å². The second-order valence-electron chi connectivity index (χ2n) is 4.43. The molecule has 0 aromatic carbocycles. The first-order valence-electron chi connectivity index (χ1n) is 5.28. The molecule has 1 N–H and O–H groups in total. The molecule has 0 fully saturated rings. The Balaban J connectivity index is 4.33. The number of hydrazone groups is 1. The minimum atomic E-state index is -0.586. The molecule has 0 atom stereocenters. The van der Waals surface area contributed by atoms with Crippen molar-refractivity contribution in [2.24, 2.45) is 5.10 Å². The first-order chi connectivity index (χ1) is 7.76. The molecule has 4 nitrogen and oxygen atoms in total. The Morgan fingerprint density at radius 2 is 2.00 bits per heavy atom. The van der Waals surface area contributed by atoms with E-state index in [1.54, 1.807) is 45.9 Å². The van der Waals surface area contributed by atoms with Gasteiger partial charge in [0.25, 0.3) is 0 Å². The minimum absolute atomic E-state index is 0.534. The summed E-state index contributed by atoms with van der Waals surface area (Å²) in [6.07, 6.45) is 4.55. The van der Waals surface area contributed by atoms with Crippen molar-refractivity contribution in [1.29, 1.82) is 0 Å². The monoisotopic (exact) mass is 236 g/mol. The Labute approximate surface area is 103 Å². The third-order valence-electron chi connectivity index (χ3n) is 1.61. The maximum atomic E-state index is 11.3. The number of rotatable bonds is 4. The third kappa shape index (κ3) is 8.02. The molecule has 0 saturated carbocycles. The fourth-order valence-corrected chi connectivity index (χ4v) is 0.807. The molecule has 0 aliphatic heterocycles. The molecule has 0 rings (SSSR count). The Morgan fingerprint density at radius 1 is 1.41 bits per heavy atom. The van der Waals surface area contributed by atoms with Gasteiger partial charge in [-0.3, -0.25) is 0 Å². The number of allylic oxidation sites excluding steroid dienone is 4. The molecule has 0 aromatic rings. The van der Waals surface area contributed by atoms with Crippen LogP contribution in [0.25, 0.3) is 0 Å². The van der Waals surface area contributed by atoms with E-state index < -0.39 is 11.7 Å². The van der Waals surface area contributed by atoms with Crippen molar-refractivity contribution in [3.8, 4) is 0 Å². The molecule has 0 bridgehead atoms. The summed E-state index contributed by atoms with van der Waals surface area (Å²) in [5.41, 5.74) is 3.07. The Morgan fingerprint density at radius 3 is 2.47 bits per heavy atom. The maximum Gasteiger partial charge on any atom is 0.428 e. The smallest absolute Gasteiger partial charge is 0.428 e. The SMILES string of the molecule is C=C/C=C\C(=C)/C(C)=N/NC(=O)OC(C)(C)C. The summed E-state index contributed by atoms with van der Waals surface area (Å²) in [4.78, 5) is 11.3. The molecular weight excluding hydrogens is 216 g/mol. The fraction of sp³-hybridized carbons (Fsp3) is 0.385. The molecule has 94 valence electrons. The number of nitrogens with zero attached hydrogens (tertiary/aromatic N) is 1. The highest BCUT2D eigenvalue weighted by atomic mass is 16.6. The third-order valence-corrected chi connectivity index (χ3v) is 1.61. The van der Waals surface area contributed by atoms with Gasteiger partial charge in [-0.2, -0.15) is 5.10 Å². The Kier molecular flexibility index (Phi) is 5.96. The van der Waals surface area contributed by atoms with Gasteiger partial charge in [-0.1, -0.05) is 31.4 Å². The van der Waals surface area contributed by atoms with E-state index in [1.807, 2.05) is 0 Å². The highest BCUT2D eigenvalue weighted by Crippen LogP contribution is 2.06. The van der Waals surface area contributed by atoms with Gasteiger partial charge in [0.05, 0.1) is 5.71 Å². The van der Waals surface area contributed by atoms with Crippen molar-refractivity contribution in [1.82, 2.24) is 5.43 Å². The van der Waals surface area contributed by atoms with Gasteiger partial charge in [0.2, 0.25) is 0 Å². The maximum absolute atomic E-state index is 11.3.